The lowest BCUT2D eigenvalue weighted by Gasteiger charge is -2.38. The van der Waals surface area contributed by atoms with Crippen LogP contribution in [0.3, 0.4) is 0 Å². The number of carboxylic acid groups (broad SMARTS) is 1. The summed E-state index contributed by atoms with van der Waals surface area (Å²) in [6.45, 7) is 5.37. The van der Waals surface area contributed by atoms with Gasteiger partial charge in [0.05, 0.1) is 6.42 Å². The van der Waals surface area contributed by atoms with Crippen LogP contribution < -0.4 is 0 Å². The van der Waals surface area contributed by atoms with Crippen molar-refractivity contribution in [3.63, 3.8) is 0 Å². The third-order valence-electron chi connectivity index (χ3n) is 2.82. The lowest BCUT2D eigenvalue weighted by atomic mass is 9.96. The van der Waals surface area contributed by atoms with E-state index in [1.165, 1.54) is 25.7 Å². The van der Waals surface area contributed by atoms with E-state index in [1.807, 2.05) is 0 Å². The summed E-state index contributed by atoms with van der Waals surface area (Å²) >= 11 is 0. The van der Waals surface area contributed by atoms with Crippen molar-refractivity contribution >= 4 is 5.97 Å². The van der Waals surface area contributed by atoms with E-state index in [2.05, 4.69) is 11.8 Å². The van der Waals surface area contributed by atoms with Gasteiger partial charge in [0, 0.05) is 13.1 Å². The van der Waals surface area contributed by atoms with Gasteiger partial charge in [0.1, 0.15) is 0 Å². The average Bonchev–Trinajstić information content (AvgIpc) is 2.06. The second-order valence-electron chi connectivity index (χ2n) is 4.28. The largest absolute Gasteiger partial charge is 0.481 e. The Kier molecular flexibility index (Phi) is 4.94. The number of carboxylic acids is 1. The molecule has 1 N–H and O–H groups in total. The average molecular weight is 199 g/mol. The number of nitrogens with zero attached hydrogens (tertiary/aromatic N) is 1. The molecule has 14 heavy (non-hydrogen) atoms. The van der Waals surface area contributed by atoms with Gasteiger partial charge in [0.25, 0.3) is 0 Å². The monoisotopic (exact) mass is 199 g/mol. The number of rotatable bonds is 7. The van der Waals surface area contributed by atoms with Crippen molar-refractivity contribution in [2.45, 2.75) is 39.0 Å². The van der Waals surface area contributed by atoms with Crippen LogP contribution >= 0.6 is 0 Å². The molecule has 0 bridgehead atoms. The fraction of sp³-hybridized carbons (Fsp3) is 0.909. The van der Waals surface area contributed by atoms with Crippen LogP contribution in [0.1, 0.15) is 39.0 Å². The van der Waals surface area contributed by atoms with E-state index in [0.717, 1.165) is 19.6 Å². The molecule has 82 valence electrons. The molecule has 0 saturated carbocycles. The molecule has 0 radical (unpaired) electrons. The molecule has 1 aliphatic rings. The zero-order chi connectivity index (χ0) is 10.4. The zero-order valence-corrected chi connectivity index (χ0v) is 9.04. The predicted molar refractivity (Wildman–Crippen MR) is 56.3 cm³/mol. The molecule has 1 heterocycles. The standard InChI is InChI=1S/C11H21NO2/c1-2-3-4-5-6-12-8-10(9-12)7-11(13)14/h10H,2-9H2,1H3,(H,13,14). The maximum atomic E-state index is 10.4. The molecule has 1 aliphatic heterocycles. The van der Waals surface area contributed by atoms with Gasteiger partial charge >= 0.3 is 5.97 Å². The van der Waals surface area contributed by atoms with Gasteiger partial charge in [-0.3, -0.25) is 4.79 Å². The Morgan fingerprint density at radius 1 is 1.36 bits per heavy atom. The highest BCUT2D eigenvalue weighted by Gasteiger charge is 2.27. The van der Waals surface area contributed by atoms with E-state index in [9.17, 15) is 4.79 Å². The van der Waals surface area contributed by atoms with Crippen LogP contribution in [-0.2, 0) is 4.79 Å². The van der Waals surface area contributed by atoms with E-state index >= 15 is 0 Å². The van der Waals surface area contributed by atoms with Crippen LogP contribution in [0.25, 0.3) is 0 Å². The molecule has 0 aromatic carbocycles. The van der Waals surface area contributed by atoms with Crippen LogP contribution in [0.15, 0.2) is 0 Å². The van der Waals surface area contributed by atoms with Gasteiger partial charge in [0.2, 0.25) is 0 Å². The Morgan fingerprint density at radius 3 is 2.64 bits per heavy atom. The number of likely N-dealkylation sites (tertiary alicyclic amines) is 1. The van der Waals surface area contributed by atoms with Crippen LogP contribution in [0.4, 0.5) is 0 Å². The highest BCUT2D eigenvalue weighted by atomic mass is 16.4. The van der Waals surface area contributed by atoms with E-state index in [4.69, 9.17) is 5.11 Å². The summed E-state index contributed by atoms with van der Waals surface area (Å²) < 4.78 is 0. The molecule has 0 spiro atoms. The molecule has 3 heteroatoms. The van der Waals surface area contributed by atoms with Gasteiger partial charge in [0.15, 0.2) is 0 Å². The summed E-state index contributed by atoms with van der Waals surface area (Å²) in [6.07, 6.45) is 5.55. The Balaban J connectivity index is 1.91. The molecule has 0 unspecified atom stereocenters. The van der Waals surface area contributed by atoms with Gasteiger partial charge in [-0.2, -0.15) is 0 Å². The van der Waals surface area contributed by atoms with Crippen molar-refractivity contribution in [1.82, 2.24) is 4.90 Å². The minimum Gasteiger partial charge on any atom is -0.481 e. The minimum absolute atomic E-state index is 0.353. The molecule has 0 aliphatic carbocycles. The number of hydrogen-bond acceptors (Lipinski definition) is 2. The fourth-order valence-corrected chi connectivity index (χ4v) is 2.00. The topological polar surface area (TPSA) is 40.5 Å². The lowest BCUT2D eigenvalue weighted by Crippen LogP contribution is -2.47. The molecule has 0 aromatic heterocycles. The highest BCUT2D eigenvalue weighted by molar-refractivity contribution is 5.67. The first kappa shape index (κ1) is 11.5. The fourth-order valence-electron chi connectivity index (χ4n) is 2.00. The Labute approximate surface area is 86.1 Å². The Bertz CT molecular complexity index is 176. The lowest BCUT2D eigenvalue weighted by molar-refractivity contribution is -0.139. The van der Waals surface area contributed by atoms with Crippen LogP contribution in [0.5, 0.6) is 0 Å². The molecule has 0 atom stereocenters. The van der Waals surface area contributed by atoms with Crippen molar-refractivity contribution in [2.24, 2.45) is 5.92 Å². The SMILES string of the molecule is CCCCCCN1CC(CC(=O)O)C1. The molecular formula is C11H21NO2. The second kappa shape index (κ2) is 6.02. The van der Waals surface area contributed by atoms with Crippen molar-refractivity contribution in [2.75, 3.05) is 19.6 Å². The summed E-state index contributed by atoms with van der Waals surface area (Å²) in [6, 6.07) is 0. The molecule has 0 aromatic rings. The summed E-state index contributed by atoms with van der Waals surface area (Å²) in [5.74, 6) is -0.237. The predicted octanol–water partition coefficient (Wildman–Crippen LogP) is 1.97. The first-order chi connectivity index (χ1) is 6.72. The maximum Gasteiger partial charge on any atom is 0.303 e. The second-order valence-corrected chi connectivity index (χ2v) is 4.28. The van der Waals surface area contributed by atoms with Gasteiger partial charge in [-0.25, -0.2) is 0 Å². The smallest absolute Gasteiger partial charge is 0.303 e. The molecule has 0 amide bonds. The van der Waals surface area contributed by atoms with Crippen molar-refractivity contribution in [3.8, 4) is 0 Å². The summed E-state index contributed by atoms with van der Waals surface area (Å²) in [5, 5.41) is 8.56. The summed E-state index contributed by atoms with van der Waals surface area (Å²) in [4.78, 5) is 12.8. The van der Waals surface area contributed by atoms with Crippen molar-refractivity contribution in [1.29, 1.82) is 0 Å². The van der Waals surface area contributed by atoms with Gasteiger partial charge in [-0.1, -0.05) is 26.2 Å². The number of unbranched alkanes of at least 4 members (excludes halogenated alkanes) is 3. The van der Waals surface area contributed by atoms with Gasteiger partial charge < -0.3 is 10.0 Å². The van der Waals surface area contributed by atoms with E-state index in [-0.39, 0.29) is 0 Å². The third-order valence-corrected chi connectivity index (χ3v) is 2.82. The first-order valence-corrected chi connectivity index (χ1v) is 5.66. The van der Waals surface area contributed by atoms with E-state index in [0.29, 0.717) is 12.3 Å². The number of carbonyl (C=O) groups is 1. The molecule has 1 fully saturated rings. The van der Waals surface area contributed by atoms with Gasteiger partial charge in [-0.15, -0.1) is 0 Å². The summed E-state index contributed by atoms with van der Waals surface area (Å²) in [5.41, 5.74) is 0. The normalized spacial score (nSPS) is 18.1. The van der Waals surface area contributed by atoms with Crippen LogP contribution in [0, 0.1) is 5.92 Å². The molecule has 1 rings (SSSR count). The highest BCUT2D eigenvalue weighted by Crippen LogP contribution is 2.19. The van der Waals surface area contributed by atoms with Crippen molar-refractivity contribution in [3.05, 3.63) is 0 Å². The van der Waals surface area contributed by atoms with E-state index in [1.54, 1.807) is 0 Å². The van der Waals surface area contributed by atoms with Gasteiger partial charge in [-0.05, 0) is 18.9 Å². The number of aliphatic carboxylic acids is 1. The number of hydrogen-bond donors (Lipinski definition) is 1. The molecule has 3 nitrogen and oxygen atoms in total. The first-order valence-electron chi connectivity index (χ1n) is 5.66. The Morgan fingerprint density at radius 2 is 2.07 bits per heavy atom. The molecule has 1 saturated heterocycles. The molecular weight excluding hydrogens is 178 g/mol. The quantitative estimate of drug-likeness (QED) is 0.637. The summed E-state index contributed by atoms with van der Waals surface area (Å²) in [7, 11) is 0. The Hall–Kier alpha value is -0.570. The van der Waals surface area contributed by atoms with Crippen LogP contribution in [-0.4, -0.2) is 35.6 Å². The van der Waals surface area contributed by atoms with E-state index < -0.39 is 5.97 Å². The zero-order valence-electron chi connectivity index (χ0n) is 9.04. The third kappa shape index (κ3) is 4.09. The van der Waals surface area contributed by atoms with Crippen LogP contribution in [0.2, 0.25) is 0 Å². The van der Waals surface area contributed by atoms with Crippen molar-refractivity contribution < 1.29 is 9.90 Å². The maximum absolute atomic E-state index is 10.4. The minimum atomic E-state index is -0.652.